The first-order valence-corrected chi connectivity index (χ1v) is 8.11. The van der Waals surface area contributed by atoms with Gasteiger partial charge in [-0.2, -0.15) is 0 Å². The maximum absolute atomic E-state index is 11.7. The number of carbonyl (C=O) groups is 1. The minimum Gasteiger partial charge on any atom is -0.324 e. The van der Waals surface area contributed by atoms with Gasteiger partial charge in [-0.1, -0.05) is 11.6 Å². The number of benzene rings is 1. The minimum atomic E-state index is -3.82. The number of anilines is 1. The topological polar surface area (TPSA) is 101 Å². The predicted molar refractivity (Wildman–Crippen MR) is 77.0 cm³/mol. The van der Waals surface area contributed by atoms with Gasteiger partial charge in [0.1, 0.15) is 0 Å². The smallest absolute Gasteiger partial charge is 0.238 e. The minimum absolute atomic E-state index is 0.0943. The number of rotatable bonds is 6. The molecule has 0 atom stereocenters. The fraction of sp³-hybridized carbons (Fsp3) is 0.417. The van der Waals surface area contributed by atoms with Crippen molar-refractivity contribution in [3.05, 3.63) is 23.2 Å². The summed E-state index contributed by atoms with van der Waals surface area (Å²) in [6, 6.07) is 3.92. The zero-order valence-corrected chi connectivity index (χ0v) is 12.3. The molecule has 110 valence electrons. The molecule has 1 aliphatic carbocycles. The molecule has 1 amide bonds. The number of hydrogen-bond donors (Lipinski definition) is 3. The van der Waals surface area contributed by atoms with Gasteiger partial charge < -0.3 is 10.6 Å². The number of hydrogen-bond acceptors (Lipinski definition) is 4. The summed E-state index contributed by atoms with van der Waals surface area (Å²) in [7, 11) is -3.82. The Balaban J connectivity index is 1.98. The van der Waals surface area contributed by atoms with Gasteiger partial charge in [-0.25, -0.2) is 13.6 Å². The van der Waals surface area contributed by atoms with Gasteiger partial charge in [-0.3, -0.25) is 4.79 Å². The highest BCUT2D eigenvalue weighted by Crippen LogP contribution is 2.27. The molecule has 4 N–H and O–H groups in total. The molecule has 8 heteroatoms. The van der Waals surface area contributed by atoms with Crippen molar-refractivity contribution >= 4 is 33.2 Å². The number of sulfonamides is 1. The summed E-state index contributed by atoms with van der Waals surface area (Å²) in [5, 5.41) is 10.9. The molecule has 0 bridgehead atoms. The van der Waals surface area contributed by atoms with E-state index in [9.17, 15) is 13.2 Å². The van der Waals surface area contributed by atoms with Gasteiger partial charge in [0.25, 0.3) is 0 Å². The number of halogens is 1. The Kier molecular flexibility index (Phi) is 4.64. The lowest BCUT2D eigenvalue weighted by molar-refractivity contribution is -0.115. The molecule has 1 aromatic rings. The summed E-state index contributed by atoms with van der Waals surface area (Å²) >= 11 is 5.91. The monoisotopic (exact) mass is 317 g/mol. The van der Waals surface area contributed by atoms with Crippen molar-refractivity contribution in [2.24, 2.45) is 11.1 Å². The number of nitrogens with two attached hydrogens (primary N) is 1. The summed E-state index contributed by atoms with van der Waals surface area (Å²) in [4.78, 5) is 11.6. The predicted octanol–water partition coefficient (Wildman–Crippen LogP) is 0.925. The van der Waals surface area contributed by atoms with Crippen LogP contribution in [0.3, 0.4) is 0 Å². The van der Waals surface area contributed by atoms with E-state index < -0.39 is 10.0 Å². The number of nitrogens with one attached hydrogen (secondary N) is 2. The molecule has 0 spiro atoms. The summed E-state index contributed by atoms with van der Waals surface area (Å²) in [6.45, 7) is 0.977. The third-order valence-electron chi connectivity index (χ3n) is 2.96. The summed E-state index contributed by atoms with van der Waals surface area (Å²) < 4.78 is 22.5. The van der Waals surface area contributed by atoms with E-state index in [1.54, 1.807) is 0 Å². The molecule has 6 nitrogen and oxygen atoms in total. The summed E-state index contributed by atoms with van der Waals surface area (Å²) in [6.07, 6.45) is 2.41. The SMILES string of the molecule is NS(=O)(=O)c1ccc(Cl)c(NC(=O)CNCC2CC2)c1. The third-order valence-corrected chi connectivity index (χ3v) is 4.20. The number of carbonyl (C=O) groups excluding carboxylic acids is 1. The van der Waals surface area contributed by atoms with Gasteiger partial charge >= 0.3 is 0 Å². The van der Waals surface area contributed by atoms with E-state index in [4.69, 9.17) is 16.7 Å². The molecule has 0 heterocycles. The largest absolute Gasteiger partial charge is 0.324 e. The lowest BCUT2D eigenvalue weighted by atomic mass is 10.3. The molecule has 0 radical (unpaired) electrons. The van der Waals surface area contributed by atoms with E-state index in [1.807, 2.05) is 0 Å². The molecule has 1 aromatic carbocycles. The summed E-state index contributed by atoms with van der Waals surface area (Å²) in [5.74, 6) is 0.399. The highest BCUT2D eigenvalue weighted by Gasteiger charge is 2.20. The van der Waals surface area contributed by atoms with Crippen LogP contribution >= 0.6 is 11.6 Å². The summed E-state index contributed by atoms with van der Waals surface area (Å²) in [5.41, 5.74) is 0.233. The van der Waals surface area contributed by atoms with Gasteiger partial charge in [0.2, 0.25) is 15.9 Å². The zero-order valence-electron chi connectivity index (χ0n) is 10.7. The second-order valence-corrected chi connectivity index (χ2v) is 6.78. The van der Waals surface area contributed by atoms with Gasteiger partial charge in [0, 0.05) is 0 Å². The molecule has 0 aliphatic heterocycles. The van der Waals surface area contributed by atoms with Crippen LogP contribution in [-0.2, 0) is 14.8 Å². The van der Waals surface area contributed by atoms with E-state index in [1.165, 1.54) is 31.0 Å². The van der Waals surface area contributed by atoms with Crippen LogP contribution < -0.4 is 15.8 Å². The first kappa shape index (κ1) is 15.2. The normalized spacial score (nSPS) is 15.1. The van der Waals surface area contributed by atoms with E-state index in [0.29, 0.717) is 5.92 Å². The average Bonchev–Trinajstić information content (AvgIpc) is 3.14. The van der Waals surface area contributed by atoms with Crippen molar-refractivity contribution in [1.29, 1.82) is 0 Å². The lowest BCUT2D eigenvalue weighted by Gasteiger charge is -2.09. The molecular formula is C12H16ClN3O3S. The van der Waals surface area contributed by atoms with Crippen molar-refractivity contribution < 1.29 is 13.2 Å². The Morgan fingerprint density at radius 1 is 1.40 bits per heavy atom. The fourth-order valence-electron chi connectivity index (χ4n) is 1.68. The Morgan fingerprint density at radius 3 is 2.70 bits per heavy atom. The fourth-order valence-corrected chi connectivity index (χ4v) is 2.39. The van der Waals surface area contributed by atoms with Crippen molar-refractivity contribution in [2.75, 3.05) is 18.4 Å². The van der Waals surface area contributed by atoms with Crippen LogP contribution in [0.2, 0.25) is 5.02 Å². The molecular weight excluding hydrogens is 302 g/mol. The first-order chi connectivity index (χ1) is 9.36. The molecule has 1 aliphatic rings. The quantitative estimate of drug-likeness (QED) is 0.726. The van der Waals surface area contributed by atoms with E-state index in [-0.39, 0.29) is 28.1 Å². The molecule has 0 saturated heterocycles. The van der Waals surface area contributed by atoms with E-state index in [2.05, 4.69) is 10.6 Å². The molecule has 1 saturated carbocycles. The lowest BCUT2D eigenvalue weighted by Crippen LogP contribution is -2.29. The number of amides is 1. The van der Waals surface area contributed by atoms with Crippen molar-refractivity contribution in [1.82, 2.24) is 5.32 Å². The van der Waals surface area contributed by atoms with Gasteiger partial charge in [-0.05, 0) is 43.5 Å². The van der Waals surface area contributed by atoms with Crippen LogP contribution in [0.5, 0.6) is 0 Å². The van der Waals surface area contributed by atoms with Gasteiger partial charge in [-0.15, -0.1) is 0 Å². The Labute approximate surface area is 122 Å². The van der Waals surface area contributed by atoms with Gasteiger partial charge in [0.15, 0.2) is 0 Å². The Morgan fingerprint density at radius 2 is 2.10 bits per heavy atom. The number of primary sulfonamides is 1. The van der Waals surface area contributed by atoms with Crippen LogP contribution in [0.4, 0.5) is 5.69 Å². The van der Waals surface area contributed by atoms with Crippen molar-refractivity contribution in [3.8, 4) is 0 Å². The Hall–Kier alpha value is -1.15. The van der Waals surface area contributed by atoms with E-state index >= 15 is 0 Å². The molecule has 0 unspecified atom stereocenters. The molecule has 0 aromatic heterocycles. The maximum Gasteiger partial charge on any atom is 0.238 e. The van der Waals surface area contributed by atoms with Crippen molar-refractivity contribution in [2.45, 2.75) is 17.7 Å². The first-order valence-electron chi connectivity index (χ1n) is 6.19. The highest BCUT2D eigenvalue weighted by atomic mass is 35.5. The standard InChI is InChI=1S/C12H16ClN3O3S/c13-10-4-3-9(20(14,18)19)5-11(10)16-12(17)7-15-6-8-1-2-8/h3-5,8,15H,1-2,6-7H2,(H,16,17)(H2,14,18,19). The highest BCUT2D eigenvalue weighted by molar-refractivity contribution is 7.89. The second-order valence-electron chi connectivity index (χ2n) is 4.81. The maximum atomic E-state index is 11.7. The molecule has 2 rings (SSSR count). The molecule has 1 fully saturated rings. The van der Waals surface area contributed by atoms with Crippen LogP contribution in [0.1, 0.15) is 12.8 Å². The Bertz CT molecular complexity index is 614. The van der Waals surface area contributed by atoms with Gasteiger partial charge in [0.05, 0.1) is 22.2 Å². The van der Waals surface area contributed by atoms with Crippen LogP contribution in [0.25, 0.3) is 0 Å². The van der Waals surface area contributed by atoms with Crippen LogP contribution in [-0.4, -0.2) is 27.4 Å². The second kappa shape index (κ2) is 6.09. The van der Waals surface area contributed by atoms with Crippen molar-refractivity contribution in [3.63, 3.8) is 0 Å². The van der Waals surface area contributed by atoms with Crippen LogP contribution in [0, 0.1) is 5.92 Å². The molecule has 20 heavy (non-hydrogen) atoms. The van der Waals surface area contributed by atoms with E-state index in [0.717, 1.165) is 6.54 Å². The third kappa shape index (κ3) is 4.45. The zero-order chi connectivity index (χ0) is 14.8. The van der Waals surface area contributed by atoms with Crippen LogP contribution in [0.15, 0.2) is 23.1 Å². The average molecular weight is 318 g/mol.